The van der Waals surface area contributed by atoms with Crippen LogP contribution in [0.25, 0.3) is 0 Å². The van der Waals surface area contributed by atoms with E-state index in [4.69, 9.17) is 0 Å². The number of thiophene rings is 1. The molecule has 1 amide bonds. The van der Waals surface area contributed by atoms with E-state index in [1.54, 1.807) is 0 Å². The Balaban J connectivity index is 1.63. The number of anilines is 1. The highest BCUT2D eigenvalue weighted by molar-refractivity contribution is 9.13. The molecule has 1 aromatic heterocycles. The first-order chi connectivity index (χ1) is 10.1. The van der Waals surface area contributed by atoms with E-state index in [1.807, 2.05) is 29.2 Å². The highest BCUT2D eigenvalue weighted by Gasteiger charge is 2.28. The molecular weight excluding hydrogens is 416 g/mol. The number of carbonyl (C=O) groups is 1. The summed E-state index contributed by atoms with van der Waals surface area (Å²) in [6.45, 7) is 1.55. The summed E-state index contributed by atoms with van der Waals surface area (Å²) >= 11 is 8.34. The molecule has 1 unspecified atom stereocenters. The van der Waals surface area contributed by atoms with Crippen LogP contribution in [0.5, 0.6) is 0 Å². The van der Waals surface area contributed by atoms with Gasteiger partial charge >= 0.3 is 0 Å². The van der Waals surface area contributed by atoms with Gasteiger partial charge in [-0.2, -0.15) is 0 Å². The number of para-hydroxylation sites is 1. The van der Waals surface area contributed by atoms with Gasteiger partial charge in [-0.1, -0.05) is 18.2 Å². The van der Waals surface area contributed by atoms with Crippen LogP contribution in [0, 0.1) is 0 Å². The zero-order valence-electron chi connectivity index (χ0n) is 11.2. The van der Waals surface area contributed by atoms with Gasteiger partial charge in [-0.15, -0.1) is 11.3 Å². The van der Waals surface area contributed by atoms with E-state index in [9.17, 15) is 4.79 Å². The number of amides is 1. The SMILES string of the molecule is O=C(c1cc(Br)c(Br)s1)N1CCC(Nc2ccccc2)C1. The number of rotatable bonds is 3. The number of nitrogens with one attached hydrogen (secondary N) is 1. The van der Waals surface area contributed by atoms with Gasteiger partial charge in [0.2, 0.25) is 0 Å². The third-order valence-electron chi connectivity index (χ3n) is 3.48. The van der Waals surface area contributed by atoms with Crippen LogP contribution in [0.3, 0.4) is 0 Å². The largest absolute Gasteiger partial charge is 0.380 e. The standard InChI is InChI=1S/C15H14Br2N2OS/c16-12-8-13(21-14(12)17)15(20)19-7-6-11(9-19)18-10-4-2-1-3-5-10/h1-5,8,11,18H,6-7,9H2. The maximum Gasteiger partial charge on any atom is 0.264 e. The molecule has 1 fully saturated rings. The van der Waals surface area contributed by atoms with Crippen molar-refractivity contribution in [2.45, 2.75) is 12.5 Å². The molecule has 0 aliphatic carbocycles. The molecule has 2 heterocycles. The van der Waals surface area contributed by atoms with Gasteiger partial charge < -0.3 is 10.2 Å². The average molecular weight is 430 g/mol. The third-order valence-corrected chi connectivity index (χ3v) is 6.72. The zero-order chi connectivity index (χ0) is 14.8. The number of benzene rings is 1. The van der Waals surface area contributed by atoms with Crippen molar-refractivity contribution in [1.82, 2.24) is 4.90 Å². The van der Waals surface area contributed by atoms with Crippen molar-refractivity contribution < 1.29 is 4.79 Å². The molecule has 1 N–H and O–H groups in total. The number of hydrogen-bond donors (Lipinski definition) is 1. The van der Waals surface area contributed by atoms with Crippen molar-refractivity contribution >= 4 is 54.8 Å². The number of hydrogen-bond acceptors (Lipinski definition) is 3. The molecule has 6 heteroatoms. The third kappa shape index (κ3) is 3.49. The van der Waals surface area contributed by atoms with E-state index in [0.29, 0.717) is 6.04 Å². The van der Waals surface area contributed by atoms with Gasteiger partial charge in [-0.25, -0.2) is 0 Å². The second-order valence-electron chi connectivity index (χ2n) is 4.98. The molecule has 110 valence electrons. The summed E-state index contributed by atoms with van der Waals surface area (Å²) in [4.78, 5) is 15.2. The van der Waals surface area contributed by atoms with E-state index >= 15 is 0 Å². The maximum absolute atomic E-state index is 12.5. The van der Waals surface area contributed by atoms with Gasteiger partial charge in [0.1, 0.15) is 0 Å². The lowest BCUT2D eigenvalue weighted by molar-refractivity contribution is 0.0796. The van der Waals surface area contributed by atoms with Crippen LogP contribution in [0.15, 0.2) is 44.7 Å². The highest BCUT2D eigenvalue weighted by atomic mass is 79.9. The molecule has 0 spiro atoms. The molecule has 0 saturated carbocycles. The molecule has 1 atom stereocenters. The lowest BCUT2D eigenvalue weighted by Gasteiger charge is -2.17. The monoisotopic (exact) mass is 428 g/mol. The molecule has 2 aromatic rings. The van der Waals surface area contributed by atoms with Gasteiger partial charge in [-0.05, 0) is 56.5 Å². The van der Waals surface area contributed by atoms with Crippen LogP contribution in [0.2, 0.25) is 0 Å². The Bertz CT molecular complexity index is 625. The van der Waals surface area contributed by atoms with Crippen molar-refractivity contribution in [2.24, 2.45) is 0 Å². The van der Waals surface area contributed by atoms with Crippen LogP contribution >= 0.6 is 43.2 Å². The smallest absolute Gasteiger partial charge is 0.264 e. The van der Waals surface area contributed by atoms with E-state index in [1.165, 1.54) is 11.3 Å². The predicted molar refractivity (Wildman–Crippen MR) is 94.1 cm³/mol. The summed E-state index contributed by atoms with van der Waals surface area (Å²) in [5, 5.41) is 3.48. The lowest BCUT2D eigenvalue weighted by atomic mass is 10.2. The predicted octanol–water partition coefficient (Wildman–Crippen LogP) is 4.60. The summed E-state index contributed by atoms with van der Waals surface area (Å²) in [6, 6.07) is 12.3. The minimum Gasteiger partial charge on any atom is -0.380 e. The second-order valence-corrected chi connectivity index (χ2v) is 8.20. The number of nitrogens with zero attached hydrogens (tertiary/aromatic N) is 1. The van der Waals surface area contributed by atoms with Crippen molar-refractivity contribution in [2.75, 3.05) is 18.4 Å². The Morgan fingerprint density at radius 1 is 1.29 bits per heavy atom. The molecule has 0 bridgehead atoms. The molecule has 1 saturated heterocycles. The van der Waals surface area contributed by atoms with Crippen LogP contribution in [-0.2, 0) is 0 Å². The molecular formula is C15H14Br2N2OS. The van der Waals surface area contributed by atoms with Crippen LogP contribution in [-0.4, -0.2) is 29.9 Å². The summed E-state index contributed by atoms with van der Waals surface area (Å²) in [5.74, 6) is 0.115. The van der Waals surface area contributed by atoms with E-state index in [0.717, 1.165) is 38.3 Å². The maximum atomic E-state index is 12.5. The van der Waals surface area contributed by atoms with Crippen molar-refractivity contribution in [3.8, 4) is 0 Å². The molecule has 1 aliphatic rings. The normalized spacial score (nSPS) is 18.0. The lowest BCUT2D eigenvalue weighted by Crippen LogP contribution is -2.31. The molecule has 21 heavy (non-hydrogen) atoms. The van der Waals surface area contributed by atoms with Crippen LogP contribution < -0.4 is 5.32 Å². The van der Waals surface area contributed by atoms with Gasteiger partial charge in [0.05, 0.1) is 8.66 Å². The van der Waals surface area contributed by atoms with Gasteiger partial charge in [0.25, 0.3) is 5.91 Å². The first kappa shape index (κ1) is 15.1. The minimum absolute atomic E-state index is 0.115. The molecule has 1 aromatic carbocycles. The Labute approximate surface area is 144 Å². The average Bonchev–Trinajstić information content (AvgIpc) is 3.07. The van der Waals surface area contributed by atoms with E-state index in [-0.39, 0.29) is 5.91 Å². The summed E-state index contributed by atoms with van der Waals surface area (Å²) in [7, 11) is 0. The van der Waals surface area contributed by atoms with Gasteiger partial charge in [0, 0.05) is 29.3 Å². The number of carbonyl (C=O) groups excluding carboxylic acids is 1. The van der Waals surface area contributed by atoms with Crippen LogP contribution in [0.1, 0.15) is 16.1 Å². The Kier molecular flexibility index (Phi) is 4.66. The molecule has 3 rings (SSSR count). The van der Waals surface area contributed by atoms with Crippen molar-refractivity contribution in [1.29, 1.82) is 0 Å². The van der Waals surface area contributed by atoms with Crippen molar-refractivity contribution in [3.05, 3.63) is 49.5 Å². The fourth-order valence-electron chi connectivity index (χ4n) is 2.44. The summed E-state index contributed by atoms with van der Waals surface area (Å²) in [6.07, 6.45) is 0.981. The number of likely N-dealkylation sites (tertiary alicyclic amines) is 1. The van der Waals surface area contributed by atoms with E-state index in [2.05, 4.69) is 49.3 Å². The summed E-state index contributed by atoms with van der Waals surface area (Å²) in [5.41, 5.74) is 1.11. The van der Waals surface area contributed by atoms with Gasteiger partial charge in [0.15, 0.2) is 0 Å². The van der Waals surface area contributed by atoms with Gasteiger partial charge in [-0.3, -0.25) is 4.79 Å². The minimum atomic E-state index is 0.115. The fraction of sp³-hybridized carbons (Fsp3) is 0.267. The van der Waals surface area contributed by atoms with Crippen LogP contribution in [0.4, 0.5) is 5.69 Å². The van der Waals surface area contributed by atoms with Crippen molar-refractivity contribution in [3.63, 3.8) is 0 Å². The second kappa shape index (κ2) is 6.50. The topological polar surface area (TPSA) is 32.3 Å². The Morgan fingerprint density at radius 3 is 2.71 bits per heavy atom. The van der Waals surface area contributed by atoms with E-state index < -0.39 is 0 Å². The number of halogens is 2. The first-order valence-corrected chi connectivity index (χ1v) is 9.09. The first-order valence-electron chi connectivity index (χ1n) is 6.69. The molecule has 0 radical (unpaired) electrons. The fourth-order valence-corrected chi connectivity index (χ4v) is 4.44. The Hall–Kier alpha value is -0.850. The highest BCUT2D eigenvalue weighted by Crippen LogP contribution is 2.33. The molecule has 3 nitrogen and oxygen atoms in total. The molecule has 1 aliphatic heterocycles. The zero-order valence-corrected chi connectivity index (χ0v) is 15.2. The Morgan fingerprint density at radius 2 is 2.05 bits per heavy atom. The summed E-state index contributed by atoms with van der Waals surface area (Å²) < 4.78 is 1.90. The quantitative estimate of drug-likeness (QED) is 0.773.